The van der Waals surface area contributed by atoms with Gasteiger partial charge in [0.1, 0.15) is 5.69 Å². The van der Waals surface area contributed by atoms with Crippen molar-refractivity contribution in [2.75, 3.05) is 5.32 Å². The Hall–Kier alpha value is -2.79. The second kappa shape index (κ2) is 7.68. The lowest BCUT2D eigenvalue weighted by Gasteiger charge is -2.23. The molecule has 4 nitrogen and oxygen atoms in total. The molecule has 1 N–H and O–H groups in total. The highest BCUT2D eigenvalue weighted by Crippen LogP contribution is 2.37. The van der Waals surface area contributed by atoms with Crippen LogP contribution >= 0.6 is 11.3 Å². The summed E-state index contributed by atoms with van der Waals surface area (Å²) in [6.45, 7) is 0. The zero-order valence-corrected chi connectivity index (χ0v) is 16.5. The van der Waals surface area contributed by atoms with Gasteiger partial charge in [0.2, 0.25) is 0 Å². The lowest BCUT2D eigenvalue weighted by atomic mass is 9.95. The molecule has 0 amide bonds. The molecular formula is C23H22N4S. The molecule has 1 saturated carbocycles. The minimum Gasteiger partial charge on any atom is -0.365 e. The molecule has 1 aliphatic carbocycles. The van der Waals surface area contributed by atoms with Crippen LogP contribution in [0.1, 0.15) is 32.1 Å². The van der Waals surface area contributed by atoms with Crippen molar-refractivity contribution in [3.63, 3.8) is 0 Å². The van der Waals surface area contributed by atoms with Crippen LogP contribution < -0.4 is 5.32 Å². The Morgan fingerprint density at radius 2 is 1.57 bits per heavy atom. The summed E-state index contributed by atoms with van der Waals surface area (Å²) in [5.74, 6) is 0.910. The fraction of sp³-hybridized carbons (Fsp3) is 0.261. The molecule has 4 aromatic rings. The Bertz CT molecular complexity index is 1080. The average molecular weight is 387 g/mol. The van der Waals surface area contributed by atoms with Gasteiger partial charge in [-0.05, 0) is 37.1 Å². The van der Waals surface area contributed by atoms with Gasteiger partial charge in [-0.1, -0.05) is 49.6 Å². The molecule has 3 heterocycles. The zero-order chi connectivity index (χ0) is 18.8. The third kappa shape index (κ3) is 3.38. The first-order valence-corrected chi connectivity index (χ1v) is 10.7. The summed E-state index contributed by atoms with van der Waals surface area (Å²) in [7, 11) is 0. The number of benzene rings is 1. The first kappa shape index (κ1) is 17.3. The predicted octanol–water partition coefficient (Wildman–Crippen LogP) is 6.16. The van der Waals surface area contributed by atoms with E-state index in [0.29, 0.717) is 6.04 Å². The SMILES string of the molecule is c1ccc(-c2ccc(-c3nnc(NC4CCCCC4)c4ccccc34)s2)nc1. The smallest absolute Gasteiger partial charge is 0.156 e. The van der Waals surface area contributed by atoms with Crippen LogP contribution in [0.5, 0.6) is 0 Å². The fourth-order valence-corrected chi connectivity index (χ4v) is 4.93. The van der Waals surface area contributed by atoms with Crippen LogP contribution in [0.2, 0.25) is 0 Å². The molecule has 0 unspecified atom stereocenters. The topological polar surface area (TPSA) is 50.7 Å². The monoisotopic (exact) mass is 386 g/mol. The van der Waals surface area contributed by atoms with Crippen LogP contribution in [-0.2, 0) is 0 Å². The molecule has 0 atom stereocenters. The second-order valence-electron chi connectivity index (χ2n) is 7.30. The summed E-state index contributed by atoms with van der Waals surface area (Å²) < 4.78 is 0. The van der Waals surface area contributed by atoms with E-state index in [1.807, 2.05) is 24.4 Å². The third-order valence-corrected chi connectivity index (χ3v) is 6.50. The van der Waals surface area contributed by atoms with Crippen LogP contribution in [0.3, 0.4) is 0 Å². The number of nitrogens with one attached hydrogen (secondary N) is 1. The average Bonchev–Trinajstić information content (AvgIpc) is 3.25. The molecule has 0 radical (unpaired) electrons. The number of aromatic nitrogens is 3. The molecule has 28 heavy (non-hydrogen) atoms. The van der Waals surface area contributed by atoms with Gasteiger partial charge in [-0.15, -0.1) is 21.5 Å². The zero-order valence-electron chi connectivity index (χ0n) is 15.6. The molecule has 1 aliphatic rings. The quantitative estimate of drug-likeness (QED) is 0.456. The molecule has 0 bridgehead atoms. The molecule has 0 aliphatic heterocycles. The largest absolute Gasteiger partial charge is 0.365 e. The third-order valence-electron chi connectivity index (χ3n) is 5.39. The number of nitrogens with zero attached hydrogens (tertiary/aromatic N) is 3. The Morgan fingerprint density at radius 1 is 0.786 bits per heavy atom. The molecule has 1 fully saturated rings. The minimum absolute atomic E-state index is 0.509. The summed E-state index contributed by atoms with van der Waals surface area (Å²) in [5.41, 5.74) is 1.93. The maximum Gasteiger partial charge on any atom is 0.156 e. The van der Waals surface area contributed by atoms with E-state index in [9.17, 15) is 0 Å². The van der Waals surface area contributed by atoms with E-state index in [1.54, 1.807) is 11.3 Å². The maximum atomic E-state index is 4.63. The summed E-state index contributed by atoms with van der Waals surface area (Å²) in [6, 6.07) is 19.2. The van der Waals surface area contributed by atoms with E-state index in [2.05, 4.69) is 56.9 Å². The number of hydrogen-bond acceptors (Lipinski definition) is 5. The fourth-order valence-electron chi connectivity index (χ4n) is 3.94. The Morgan fingerprint density at radius 3 is 2.39 bits per heavy atom. The molecule has 1 aromatic carbocycles. The first-order valence-electron chi connectivity index (χ1n) is 9.92. The highest BCUT2D eigenvalue weighted by molar-refractivity contribution is 7.18. The highest BCUT2D eigenvalue weighted by Gasteiger charge is 2.17. The van der Waals surface area contributed by atoms with Crippen molar-refractivity contribution in [2.24, 2.45) is 0 Å². The van der Waals surface area contributed by atoms with Gasteiger partial charge in [-0.2, -0.15) is 0 Å². The summed E-state index contributed by atoms with van der Waals surface area (Å²) in [5, 5.41) is 15.2. The number of hydrogen-bond donors (Lipinski definition) is 1. The molecule has 5 heteroatoms. The number of pyridine rings is 1. The lowest BCUT2D eigenvalue weighted by molar-refractivity contribution is 0.462. The summed E-state index contributed by atoms with van der Waals surface area (Å²) in [4.78, 5) is 6.73. The Kier molecular flexibility index (Phi) is 4.75. The van der Waals surface area contributed by atoms with E-state index in [4.69, 9.17) is 0 Å². The van der Waals surface area contributed by atoms with Crippen LogP contribution in [0, 0.1) is 0 Å². The highest BCUT2D eigenvalue weighted by atomic mass is 32.1. The number of rotatable bonds is 4. The molecule has 3 aromatic heterocycles. The van der Waals surface area contributed by atoms with Gasteiger partial charge in [0.15, 0.2) is 5.82 Å². The molecule has 0 spiro atoms. The van der Waals surface area contributed by atoms with Crippen LogP contribution in [-0.4, -0.2) is 21.2 Å². The van der Waals surface area contributed by atoms with Crippen molar-refractivity contribution in [3.05, 3.63) is 60.8 Å². The first-order chi connectivity index (χ1) is 13.9. The van der Waals surface area contributed by atoms with Crippen molar-refractivity contribution in [1.29, 1.82) is 0 Å². The van der Waals surface area contributed by atoms with E-state index in [0.717, 1.165) is 37.7 Å². The predicted molar refractivity (Wildman–Crippen MR) is 117 cm³/mol. The van der Waals surface area contributed by atoms with Crippen molar-refractivity contribution in [2.45, 2.75) is 38.1 Å². The molecule has 0 saturated heterocycles. The minimum atomic E-state index is 0.509. The van der Waals surface area contributed by atoms with Crippen LogP contribution in [0.4, 0.5) is 5.82 Å². The van der Waals surface area contributed by atoms with E-state index in [-0.39, 0.29) is 0 Å². The van der Waals surface area contributed by atoms with Crippen molar-refractivity contribution < 1.29 is 0 Å². The second-order valence-corrected chi connectivity index (χ2v) is 8.38. The van der Waals surface area contributed by atoms with Gasteiger partial charge in [0.05, 0.1) is 15.4 Å². The van der Waals surface area contributed by atoms with Crippen molar-refractivity contribution in [3.8, 4) is 21.1 Å². The van der Waals surface area contributed by atoms with Gasteiger partial charge in [-0.25, -0.2) is 0 Å². The lowest BCUT2D eigenvalue weighted by Crippen LogP contribution is -2.23. The van der Waals surface area contributed by atoms with Gasteiger partial charge < -0.3 is 5.32 Å². The summed E-state index contributed by atoms with van der Waals surface area (Å²) in [6.07, 6.45) is 8.21. The molecular weight excluding hydrogens is 364 g/mol. The number of thiophene rings is 1. The molecule has 5 rings (SSSR count). The van der Waals surface area contributed by atoms with Gasteiger partial charge in [0, 0.05) is 23.0 Å². The van der Waals surface area contributed by atoms with Crippen molar-refractivity contribution >= 4 is 27.9 Å². The van der Waals surface area contributed by atoms with Gasteiger partial charge >= 0.3 is 0 Å². The van der Waals surface area contributed by atoms with Gasteiger partial charge in [0.25, 0.3) is 0 Å². The Labute approximate surface area is 168 Å². The van der Waals surface area contributed by atoms with E-state index in [1.165, 1.54) is 32.1 Å². The van der Waals surface area contributed by atoms with Gasteiger partial charge in [-0.3, -0.25) is 4.98 Å². The summed E-state index contributed by atoms with van der Waals surface area (Å²) >= 11 is 1.71. The molecule has 140 valence electrons. The normalized spacial score (nSPS) is 15.0. The standard InChI is InChI=1S/C23H22N4S/c1-2-8-16(9-3-1)25-23-18-11-5-4-10-17(18)22(26-27-23)21-14-13-20(28-21)19-12-6-7-15-24-19/h4-7,10-16H,1-3,8-9H2,(H,25,27). The Balaban J connectivity index is 1.52. The van der Waals surface area contributed by atoms with Crippen LogP contribution in [0.25, 0.3) is 31.9 Å². The van der Waals surface area contributed by atoms with E-state index < -0.39 is 0 Å². The maximum absolute atomic E-state index is 4.63. The number of anilines is 1. The van der Waals surface area contributed by atoms with Crippen molar-refractivity contribution in [1.82, 2.24) is 15.2 Å². The van der Waals surface area contributed by atoms with Crippen LogP contribution in [0.15, 0.2) is 60.8 Å². The van der Waals surface area contributed by atoms with E-state index >= 15 is 0 Å². The number of fused-ring (bicyclic) bond motifs is 1.